The van der Waals surface area contributed by atoms with Gasteiger partial charge >= 0.3 is 0 Å². The molecular formula is C10H22O2. The molecular weight excluding hydrogens is 152 g/mol. The Bertz CT molecular complexity index is 93.8. The molecule has 0 amide bonds. The van der Waals surface area contributed by atoms with Gasteiger partial charge in [0.25, 0.3) is 0 Å². The van der Waals surface area contributed by atoms with E-state index in [9.17, 15) is 5.11 Å². The summed E-state index contributed by atoms with van der Waals surface area (Å²) in [5, 5.41) is 9.22. The van der Waals surface area contributed by atoms with Crippen LogP contribution in [0.4, 0.5) is 0 Å². The van der Waals surface area contributed by atoms with Crippen LogP contribution in [0.2, 0.25) is 0 Å². The smallest absolute Gasteiger partial charge is 0.0559 e. The van der Waals surface area contributed by atoms with Crippen molar-refractivity contribution < 1.29 is 9.84 Å². The molecule has 0 aliphatic heterocycles. The fourth-order valence-corrected chi connectivity index (χ4v) is 1.10. The van der Waals surface area contributed by atoms with Crippen molar-refractivity contribution in [2.45, 2.75) is 58.7 Å². The molecule has 74 valence electrons. The van der Waals surface area contributed by atoms with Gasteiger partial charge in [0.2, 0.25) is 0 Å². The summed E-state index contributed by atoms with van der Waals surface area (Å²) in [6.07, 6.45) is 4.04. The molecule has 0 aliphatic rings. The first-order valence-electron chi connectivity index (χ1n) is 5.00. The first kappa shape index (κ1) is 11.9. The van der Waals surface area contributed by atoms with Gasteiger partial charge < -0.3 is 9.84 Å². The monoisotopic (exact) mass is 174 g/mol. The van der Waals surface area contributed by atoms with Crippen LogP contribution in [0.3, 0.4) is 0 Å². The van der Waals surface area contributed by atoms with Crippen LogP contribution in [0.5, 0.6) is 0 Å². The molecule has 0 aromatic carbocycles. The summed E-state index contributed by atoms with van der Waals surface area (Å²) in [7, 11) is 0. The lowest BCUT2D eigenvalue weighted by Gasteiger charge is -2.13. The summed E-state index contributed by atoms with van der Waals surface area (Å²) in [5.74, 6) is 0. The lowest BCUT2D eigenvalue weighted by molar-refractivity contribution is 0.0326. The number of aliphatic hydroxyl groups is 1. The van der Waals surface area contributed by atoms with Gasteiger partial charge in [0.1, 0.15) is 0 Å². The Morgan fingerprint density at radius 3 is 2.42 bits per heavy atom. The Balaban J connectivity index is 3.18. The summed E-state index contributed by atoms with van der Waals surface area (Å²) < 4.78 is 5.49. The molecule has 2 atom stereocenters. The van der Waals surface area contributed by atoms with Crippen LogP contribution in [0.1, 0.15) is 46.5 Å². The van der Waals surface area contributed by atoms with Crippen LogP contribution in [-0.4, -0.2) is 23.9 Å². The average molecular weight is 174 g/mol. The van der Waals surface area contributed by atoms with E-state index in [2.05, 4.69) is 13.8 Å². The minimum absolute atomic E-state index is 0.182. The highest BCUT2D eigenvalue weighted by Crippen LogP contribution is 2.03. The second kappa shape index (κ2) is 7.56. The third kappa shape index (κ3) is 6.62. The van der Waals surface area contributed by atoms with Crippen LogP contribution in [0.25, 0.3) is 0 Å². The molecule has 0 aliphatic carbocycles. The van der Waals surface area contributed by atoms with E-state index in [0.717, 1.165) is 25.7 Å². The van der Waals surface area contributed by atoms with Crippen LogP contribution < -0.4 is 0 Å². The van der Waals surface area contributed by atoms with Crippen molar-refractivity contribution in [3.8, 4) is 0 Å². The lowest BCUT2D eigenvalue weighted by Crippen LogP contribution is -2.14. The summed E-state index contributed by atoms with van der Waals surface area (Å²) >= 11 is 0. The molecule has 2 unspecified atom stereocenters. The fraction of sp³-hybridized carbons (Fsp3) is 1.00. The predicted octanol–water partition coefficient (Wildman–Crippen LogP) is 2.35. The van der Waals surface area contributed by atoms with Crippen molar-refractivity contribution in [1.29, 1.82) is 0 Å². The van der Waals surface area contributed by atoms with Gasteiger partial charge in [0.05, 0.1) is 12.2 Å². The number of hydrogen-bond donors (Lipinski definition) is 1. The largest absolute Gasteiger partial charge is 0.393 e. The van der Waals surface area contributed by atoms with Crippen LogP contribution >= 0.6 is 0 Å². The Labute approximate surface area is 75.9 Å². The topological polar surface area (TPSA) is 29.5 Å². The molecule has 0 saturated carbocycles. The molecule has 0 aromatic rings. The second-order valence-corrected chi connectivity index (χ2v) is 3.32. The molecule has 0 bridgehead atoms. The number of rotatable bonds is 7. The van der Waals surface area contributed by atoms with Gasteiger partial charge in [0, 0.05) is 6.61 Å². The van der Waals surface area contributed by atoms with Crippen molar-refractivity contribution >= 4 is 0 Å². The number of aliphatic hydroxyl groups excluding tert-OH is 1. The maximum Gasteiger partial charge on any atom is 0.0559 e. The van der Waals surface area contributed by atoms with Gasteiger partial charge in [-0.15, -0.1) is 0 Å². The van der Waals surface area contributed by atoms with Gasteiger partial charge in [-0.2, -0.15) is 0 Å². The first-order valence-corrected chi connectivity index (χ1v) is 5.00. The maximum atomic E-state index is 9.22. The third-order valence-electron chi connectivity index (χ3n) is 2.02. The maximum absolute atomic E-state index is 9.22. The van der Waals surface area contributed by atoms with E-state index in [4.69, 9.17) is 4.74 Å². The highest BCUT2D eigenvalue weighted by molar-refractivity contribution is 4.53. The molecule has 12 heavy (non-hydrogen) atoms. The van der Waals surface area contributed by atoms with E-state index < -0.39 is 0 Å². The Morgan fingerprint density at radius 1 is 1.25 bits per heavy atom. The Hall–Kier alpha value is -0.0800. The van der Waals surface area contributed by atoms with Gasteiger partial charge in [-0.3, -0.25) is 0 Å². The van der Waals surface area contributed by atoms with Crippen LogP contribution in [-0.2, 0) is 4.74 Å². The quantitative estimate of drug-likeness (QED) is 0.642. The van der Waals surface area contributed by atoms with E-state index in [-0.39, 0.29) is 6.10 Å². The second-order valence-electron chi connectivity index (χ2n) is 3.32. The minimum atomic E-state index is -0.182. The highest BCUT2D eigenvalue weighted by atomic mass is 16.5. The molecule has 0 rings (SSSR count). The van der Waals surface area contributed by atoms with Crippen molar-refractivity contribution in [2.24, 2.45) is 0 Å². The van der Waals surface area contributed by atoms with Crippen molar-refractivity contribution in [3.63, 3.8) is 0 Å². The van der Waals surface area contributed by atoms with E-state index in [0.29, 0.717) is 12.7 Å². The first-order chi connectivity index (χ1) is 5.70. The minimum Gasteiger partial charge on any atom is -0.393 e. The van der Waals surface area contributed by atoms with Crippen LogP contribution in [0, 0.1) is 0 Å². The van der Waals surface area contributed by atoms with Gasteiger partial charge in [-0.25, -0.2) is 0 Å². The van der Waals surface area contributed by atoms with E-state index in [1.807, 2.05) is 6.92 Å². The Kier molecular flexibility index (Phi) is 7.51. The molecule has 1 N–H and O–H groups in total. The zero-order valence-corrected chi connectivity index (χ0v) is 8.55. The highest BCUT2D eigenvalue weighted by Gasteiger charge is 2.03. The van der Waals surface area contributed by atoms with Gasteiger partial charge in [0.15, 0.2) is 0 Å². The zero-order valence-electron chi connectivity index (χ0n) is 8.55. The van der Waals surface area contributed by atoms with Gasteiger partial charge in [-0.05, 0) is 26.2 Å². The molecule has 0 heterocycles. The molecule has 0 radical (unpaired) electrons. The third-order valence-corrected chi connectivity index (χ3v) is 2.02. The summed E-state index contributed by atoms with van der Waals surface area (Å²) in [6.45, 7) is 6.92. The van der Waals surface area contributed by atoms with E-state index in [1.54, 1.807) is 0 Å². The molecule has 0 fully saturated rings. The number of ether oxygens (including phenoxy) is 1. The summed E-state index contributed by atoms with van der Waals surface area (Å²) in [5.41, 5.74) is 0. The summed E-state index contributed by atoms with van der Waals surface area (Å²) in [6, 6.07) is 0. The van der Waals surface area contributed by atoms with Crippen molar-refractivity contribution in [2.75, 3.05) is 6.61 Å². The molecule has 0 saturated heterocycles. The predicted molar refractivity (Wildman–Crippen MR) is 51.2 cm³/mol. The van der Waals surface area contributed by atoms with Gasteiger partial charge in [-0.1, -0.05) is 20.3 Å². The van der Waals surface area contributed by atoms with Crippen molar-refractivity contribution in [3.05, 3.63) is 0 Å². The normalized spacial score (nSPS) is 16.0. The molecule has 2 heteroatoms. The standard InChI is InChI=1S/C10H22O2/c1-4-6-9(3)12-8-7-10(11)5-2/h9-11H,4-8H2,1-3H3. The number of hydrogen-bond acceptors (Lipinski definition) is 2. The molecule has 2 nitrogen and oxygen atoms in total. The van der Waals surface area contributed by atoms with E-state index in [1.165, 1.54) is 0 Å². The van der Waals surface area contributed by atoms with Crippen molar-refractivity contribution in [1.82, 2.24) is 0 Å². The fourth-order valence-electron chi connectivity index (χ4n) is 1.10. The summed E-state index contributed by atoms with van der Waals surface area (Å²) in [4.78, 5) is 0. The SMILES string of the molecule is CCCC(C)OCCC(O)CC. The lowest BCUT2D eigenvalue weighted by atomic mass is 10.2. The Morgan fingerprint density at radius 2 is 1.92 bits per heavy atom. The molecule has 0 spiro atoms. The zero-order chi connectivity index (χ0) is 9.40. The van der Waals surface area contributed by atoms with Crippen LogP contribution in [0.15, 0.2) is 0 Å². The molecule has 0 aromatic heterocycles. The average Bonchev–Trinajstić information content (AvgIpc) is 2.04. The van der Waals surface area contributed by atoms with E-state index >= 15 is 0 Å².